The molecule has 0 spiro atoms. The maximum absolute atomic E-state index is 13.7. The number of rotatable bonds is 5. The van der Waals surface area contributed by atoms with E-state index >= 15 is 0 Å². The molecule has 0 heterocycles. The summed E-state index contributed by atoms with van der Waals surface area (Å²) in [5, 5.41) is 14.7. The predicted molar refractivity (Wildman–Crippen MR) is 82.7 cm³/mol. The van der Waals surface area contributed by atoms with Gasteiger partial charge in [0.1, 0.15) is 5.82 Å². The summed E-state index contributed by atoms with van der Waals surface area (Å²) in [6.45, 7) is 1.26. The second kappa shape index (κ2) is 7.83. The second-order valence-corrected chi connectivity index (χ2v) is 5.26. The number of aliphatic hydroxyl groups excluding tert-OH is 1. The Morgan fingerprint density at radius 3 is 2.38 bits per heavy atom. The van der Waals surface area contributed by atoms with Crippen molar-refractivity contribution in [2.75, 3.05) is 6.54 Å². The van der Waals surface area contributed by atoms with Crippen molar-refractivity contribution in [3.63, 3.8) is 0 Å². The van der Waals surface area contributed by atoms with Crippen LogP contribution in [0.5, 0.6) is 0 Å². The molecule has 2 atom stereocenters. The Bertz CT molecular complexity index is 725. The van der Waals surface area contributed by atoms with E-state index in [2.05, 4.69) is 10.6 Å². The molecule has 2 unspecified atom stereocenters. The second-order valence-electron chi connectivity index (χ2n) is 5.26. The number of hydrogen-bond donors (Lipinski definition) is 3. The molecule has 24 heavy (non-hydrogen) atoms. The molecular formula is C17H17F3N2O2. The molecule has 0 radical (unpaired) electrons. The summed E-state index contributed by atoms with van der Waals surface area (Å²) in [6, 6.07) is 7.86. The molecular weight excluding hydrogens is 321 g/mol. The number of amides is 2. The van der Waals surface area contributed by atoms with Gasteiger partial charge in [0.05, 0.1) is 12.1 Å². The van der Waals surface area contributed by atoms with Gasteiger partial charge in [0.25, 0.3) is 0 Å². The molecule has 2 aromatic carbocycles. The molecule has 7 heteroatoms. The first-order valence-electron chi connectivity index (χ1n) is 7.31. The van der Waals surface area contributed by atoms with E-state index < -0.39 is 35.6 Å². The molecule has 4 nitrogen and oxygen atoms in total. The fourth-order valence-corrected chi connectivity index (χ4v) is 2.22. The van der Waals surface area contributed by atoms with Crippen molar-refractivity contribution in [1.29, 1.82) is 0 Å². The van der Waals surface area contributed by atoms with Crippen molar-refractivity contribution in [2.45, 2.75) is 19.1 Å². The standard InChI is InChI=1S/C17H17F3N2O2/c1-10(11-6-4-8-14(19)16(11)20)22-17(24)21-9-15(23)12-5-2-3-7-13(12)18/h2-8,10,15,23H,9H2,1H3,(H2,21,22,24). The highest BCUT2D eigenvalue weighted by molar-refractivity contribution is 5.74. The molecule has 0 aliphatic rings. The molecule has 0 saturated heterocycles. The van der Waals surface area contributed by atoms with E-state index in [0.717, 1.165) is 6.07 Å². The van der Waals surface area contributed by atoms with Crippen LogP contribution >= 0.6 is 0 Å². The Labute approximate surface area is 137 Å². The lowest BCUT2D eigenvalue weighted by Gasteiger charge is -2.17. The predicted octanol–water partition coefficient (Wildman–Crippen LogP) is 3.20. The fraction of sp³-hybridized carbons (Fsp3) is 0.235. The monoisotopic (exact) mass is 338 g/mol. The quantitative estimate of drug-likeness (QED) is 0.784. The first-order valence-corrected chi connectivity index (χ1v) is 7.31. The lowest BCUT2D eigenvalue weighted by atomic mass is 10.1. The molecule has 0 aromatic heterocycles. The van der Waals surface area contributed by atoms with Crippen molar-refractivity contribution in [3.05, 3.63) is 71.0 Å². The van der Waals surface area contributed by atoms with Crippen molar-refractivity contribution in [3.8, 4) is 0 Å². The lowest BCUT2D eigenvalue weighted by molar-refractivity contribution is 0.168. The Kier molecular flexibility index (Phi) is 5.81. The molecule has 2 amide bonds. The highest BCUT2D eigenvalue weighted by Gasteiger charge is 2.17. The zero-order chi connectivity index (χ0) is 17.7. The third-order valence-corrected chi connectivity index (χ3v) is 3.52. The first-order chi connectivity index (χ1) is 11.4. The summed E-state index contributed by atoms with van der Waals surface area (Å²) in [4.78, 5) is 11.8. The Balaban J connectivity index is 1.91. The van der Waals surface area contributed by atoms with Crippen LogP contribution in [0.1, 0.15) is 30.2 Å². The molecule has 0 aliphatic heterocycles. The van der Waals surface area contributed by atoms with Crippen LogP contribution in [0.15, 0.2) is 42.5 Å². The number of halogens is 3. The van der Waals surface area contributed by atoms with Crippen LogP contribution in [0.4, 0.5) is 18.0 Å². The van der Waals surface area contributed by atoms with Gasteiger partial charge in [0.15, 0.2) is 11.6 Å². The minimum Gasteiger partial charge on any atom is -0.386 e. The average molecular weight is 338 g/mol. The molecule has 3 N–H and O–H groups in total. The van der Waals surface area contributed by atoms with Gasteiger partial charge in [0, 0.05) is 17.7 Å². The summed E-state index contributed by atoms with van der Waals surface area (Å²) in [5.41, 5.74) is 0.0572. The topological polar surface area (TPSA) is 61.4 Å². The zero-order valence-electron chi connectivity index (χ0n) is 12.9. The number of carbonyl (C=O) groups excluding carboxylic acids is 1. The minimum absolute atomic E-state index is 0.000183. The SMILES string of the molecule is CC(NC(=O)NCC(O)c1ccccc1F)c1cccc(F)c1F. The van der Waals surface area contributed by atoms with E-state index in [0.29, 0.717) is 0 Å². The first kappa shape index (κ1) is 17.8. The van der Waals surface area contributed by atoms with Crippen LogP contribution in [0.3, 0.4) is 0 Å². The van der Waals surface area contributed by atoms with Crippen LogP contribution in [0, 0.1) is 17.5 Å². The number of urea groups is 1. The van der Waals surface area contributed by atoms with Gasteiger partial charge < -0.3 is 15.7 Å². The van der Waals surface area contributed by atoms with Gasteiger partial charge in [-0.05, 0) is 19.1 Å². The van der Waals surface area contributed by atoms with Gasteiger partial charge in [-0.1, -0.05) is 30.3 Å². The average Bonchev–Trinajstić information content (AvgIpc) is 2.55. The maximum atomic E-state index is 13.7. The van der Waals surface area contributed by atoms with Crippen molar-refractivity contribution >= 4 is 6.03 Å². The van der Waals surface area contributed by atoms with Gasteiger partial charge >= 0.3 is 6.03 Å². The van der Waals surface area contributed by atoms with E-state index in [9.17, 15) is 23.1 Å². The van der Waals surface area contributed by atoms with E-state index in [1.54, 1.807) is 6.07 Å². The number of aliphatic hydroxyl groups is 1. The van der Waals surface area contributed by atoms with E-state index in [4.69, 9.17) is 0 Å². The molecule has 0 saturated carbocycles. The normalized spacial score (nSPS) is 13.2. The highest BCUT2D eigenvalue weighted by atomic mass is 19.2. The van der Waals surface area contributed by atoms with Crippen LogP contribution in [-0.2, 0) is 0 Å². The van der Waals surface area contributed by atoms with E-state index in [1.165, 1.54) is 37.3 Å². The van der Waals surface area contributed by atoms with Crippen molar-refractivity contribution < 1.29 is 23.1 Å². The van der Waals surface area contributed by atoms with E-state index in [-0.39, 0.29) is 17.7 Å². The summed E-state index contributed by atoms with van der Waals surface area (Å²) >= 11 is 0. The maximum Gasteiger partial charge on any atom is 0.315 e. The van der Waals surface area contributed by atoms with E-state index in [1.807, 2.05) is 0 Å². The Morgan fingerprint density at radius 2 is 1.67 bits per heavy atom. The van der Waals surface area contributed by atoms with Crippen molar-refractivity contribution in [2.24, 2.45) is 0 Å². The Morgan fingerprint density at radius 1 is 1.04 bits per heavy atom. The van der Waals surface area contributed by atoms with Crippen LogP contribution in [0.25, 0.3) is 0 Å². The number of carbonyl (C=O) groups is 1. The van der Waals surface area contributed by atoms with Crippen molar-refractivity contribution in [1.82, 2.24) is 10.6 Å². The smallest absolute Gasteiger partial charge is 0.315 e. The summed E-state index contributed by atoms with van der Waals surface area (Å²) in [7, 11) is 0. The minimum atomic E-state index is -1.22. The van der Waals surface area contributed by atoms with Crippen LogP contribution in [0.2, 0.25) is 0 Å². The molecule has 128 valence electrons. The van der Waals surface area contributed by atoms with Crippen LogP contribution in [-0.4, -0.2) is 17.7 Å². The number of hydrogen-bond acceptors (Lipinski definition) is 2. The molecule has 2 aromatic rings. The number of nitrogens with one attached hydrogen (secondary N) is 2. The molecule has 0 bridgehead atoms. The van der Waals surface area contributed by atoms with Crippen LogP contribution < -0.4 is 10.6 Å². The van der Waals surface area contributed by atoms with Gasteiger partial charge in [0.2, 0.25) is 0 Å². The van der Waals surface area contributed by atoms with Gasteiger partial charge in [-0.15, -0.1) is 0 Å². The third kappa shape index (κ3) is 4.26. The largest absolute Gasteiger partial charge is 0.386 e. The highest BCUT2D eigenvalue weighted by Crippen LogP contribution is 2.19. The van der Waals surface area contributed by atoms with Gasteiger partial charge in [-0.25, -0.2) is 18.0 Å². The molecule has 0 aliphatic carbocycles. The Hall–Kier alpha value is -2.54. The third-order valence-electron chi connectivity index (χ3n) is 3.52. The summed E-state index contributed by atoms with van der Waals surface area (Å²) in [5.74, 6) is -2.62. The van der Waals surface area contributed by atoms with Gasteiger partial charge in [-0.3, -0.25) is 0 Å². The zero-order valence-corrected chi connectivity index (χ0v) is 12.9. The van der Waals surface area contributed by atoms with Gasteiger partial charge in [-0.2, -0.15) is 0 Å². The number of benzene rings is 2. The summed E-state index contributed by atoms with van der Waals surface area (Å²) in [6.07, 6.45) is -1.22. The molecule has 2 rings (SSSR count). The fourth-order valence-electron chi connectivity index (χ4n) is 2.22. The lowest BCUT2D eigenvalue weighted by Crippen LogP contribution is -2.39. The summed E-state index contributed by atoms with van der Waals surface area (Å²) < 4.78 is 40.4. The molecule has 0 fully saturated rings.